The molecule has 1 aliphatic rings. The average Bonchev–Trinajstić information content (AvgIpc) is 2.97. The van der Waals surface area contributed by atoms with Crippen molar-refractivity contribution in [2.75, 3.05) is 43.8 Å². The summed E-state index contributed by atoms with van der Waals surface area (Å²) < 4.78 is 38.8. The third-order valence-electron chi connectivity index (χ3n) is 6.41. The Morgan fingerprint density at radius 2 is 1.70 bits per heavy atom. The lowest BCUT2D eigenvalue weighted by Crippen LogP contribution is -2.42. The van der Waals surface area contributed by atoms with Crippen molar-refractivity contribution >= 4 is 33.7 Å². The number of nitrogens with one attached hydrogen (secondary N) is 1. The zero-order chi connectivity index (χ0) is 28.5. The number of sulfonamides is 1. The molecule has 2 amide bonds. The highest BCUT2D eigenvalue weighted by molar-refractivity contribution is 7.92. The Hall–Kier alpha value is -4.22. The van der Waals surface area contributed by atoms with Gasteiger partial charge in [-0.1, -0.05) is 24.3 Å². The molecular formula is C29H32N4O6S. The highest BCUT2D eigenvalue weighted by atomic mass is 32.2. The number of amides is 2. The lowest BCUT2D eigenvalue weighted by atomic mass is 10.1. The SMILES string of the molecule is Cc1ccc(N(CC(=O)N/N=C\c2ccc(OCC(=O)N3CCOCC3)cc2)S(=O)(=O)c2ccccc2)cc1C. The van der Waals surface area contributed by atoms with E-state index in [2.05, 4.69) is 10.5 Å². The van der Waals surface area contributed by atoms with E-state index in [-0.39, 0.29) is 17.4 Å². The molecule has 1 N–H and O–H groups in total. The normalized spacial score (nSPS) is 13.7. The number of benzene rings is 3. The van der Waals surface area contributed by atoms with E-state index < -0.39 is 22.5 Å². The molecule has 0 spiro atoms. The van der Waals surface area contributed by atoms with Crippen LogP contribution in [0.25, 0.3) is 0 Å². The first kappa shape index (κ1) is 28.8. The monoisotopic (exact) mass is 564 g/mol. The Bertz CT molecular complexity index is 1450. The Morgan fingerprint density at radius 1 is 1.00 bits per heavy atom. The first-order chi connectivity index (χ1) is 19.2. The molecular weight excluding hydrogens is 532 g/mol. The fourth-order valence-electron chi connectivity index (χ4n) is 3.96. The van der Waals surface area contributed by atoms with E-state index in [1.807, 2.05) is 19.9 Å². The van der Waals surface area contributed by atoms with E-state index in [1.165, 1.54) is 18.3 Å². The molecule has 40 heavy (non-hydrogen) atoms. The third-order valence-corrected chi connectivity index (χ3v) is 8.19. The lowest BCUT2D eigenvalue weighted by molar-refractivity contribution is -0.137. The van der Waals surface area contributed by atoms with Crippen LogP contribution in [0.1, 0.15) is 16.7 Å². The summed E-state index contributed by atoms with van der Waals surface area (Å²) in [5, 5.41) is 3.98. The Kier molecular flexibility index (Phi) is 9.52. The van der Waals surface area contributed by atoms with Crippen molar-refractivity contribution in [2.45, 2.75) is 18.7 Å². The molecule has 1 aliphatic heterocycles. The van der Waals surface area contributed by atoms with Gasteiger partial charge in [-0.3, -0.25) is 13.9 Å². The number of aryl methyl sites for hydroxylation is 2. The number of anilines is 1. The van der Waals surface area contributed by atoms with Crippen LogP contribution in [0.15, 0.2) is 82.8 Å². The summed E-state index contributed by atoms with van der Waals surface area (Å²) in [6, 6.07) is 20.1. The van der Waals surface area contributed by atoms with Crippen molar-refractivity contribution in [1.29, 1.82) is 0 Å². The van der Waals surface area contributed by atoms with Crippen LogP contribution in [-0.4, -0.2) is 70.8 Å². The molecule has 210 valence electrons. The van der Waals surface area contributed by atoms with Gasteiger partial charge in [0.1, 0.15) is 12.3 Å². The van der Waals surface area contributed by atoms with E-state index in [0.29, 0.717) is 43.3 Å². The first-order valence-electron chi connectivity index (χ1n) is 12.8. The highest BCUT2D eigenvalue weighted by Gasteiger charge is 2.27. The molecule has 0 bridgehead atoms. The van der Waals surface area contributed by atoms with Gasteiger partial charge in [0.15, 0.2) is 6.61 Å². The summed E-state index contributed by atoms with van der Waals surface area (Å²) in [5.74, 6) is -0.172. The highest BCUT2D eigenvalue weighted by Crippen LogP contribution is 2.25. The van der Waals surface area contributed by atoms with E-state index in [4.69, 9.17) is 9.47 Å². The van der Waals surface area contributed by atoms with Gasteiger partial charge in [0.25, 0.3) is 21.8 Å². The molecule has 1 saturated heterocycles. The minimum absolute atomic E-state index is 0.0631. The Morgan fingerprint density at radius 3 is 2.38 bits per heavy atom. The van der Waals surface area contributed by atoms with Crippen molar-refractivity contribution in [3.8, 4) is 5.75 Å². The second-order valence-electron chi connectivity index (χ2n) is 9.24. The van der Waals surface area contributed by atoms with Gasteiger partial charge in [0.05, 0.1) is 30.0 Å². The van der Waals surface area contributed by atoms with Crippen LogP contribution in [-0.2, 0) is 24.3 Å². The number of hydrazone groups is 1. The fourth-order valence-corrected chi connectivity index (χ4v) is 5.39. The lowest BCUT2D eigenvalue weighted by Gasteiger charge is -2.26. The van der Waals surface area contributed by atoms with E-state index in [9.17, 15) is 18.0 Å². The maximum atomic E-state index is 13.4. The minimum Gasteiger partial charge on any atom is -0.484 e. The second-order valence-corrected chi connectivity index (χ2v) is 11.1. The molecule has 11 heteroatoms. The van der Waals surface area contributed by atoms with E-state index in [0.717, 1.165) is 15.4 Å². The molecule has 0 radical (unpaired) electrons. The van der Waals surface area contributed by atoms with Crippen LogP contribution in [0.5, 0.6) is 5.75 Å². The van der Waals surface area contributed by atoms with Gasteiger partial charge in [-0.25, -0.2) is 13.8 Å². The first-order valence-corrected chi connectivity index (χ1v) is 14.2. The zero-order valence-electron chi connectivity index (χ0n) is 22.4. The summed E-state index contributed by atoms with van der Waals surface area (Å²) in [5.41, 5.74) is 5.38. The number of morpholine rings is 1. The number of rotatable bonds is 10. The van der Waals surface area contributed by atoms with Crippen LogP contribution in [0.2, 0.25) is 0 Å². The number of carbonyl (C=O) groups is 2. The molecule has 0 unspecified atom stereocenters. The van der Waals surface area contributed by atoms with Gasteiger partial charge < -0.3 is 14.4 Å². The van der Waals surface area contributed by atoms with Crippen LogP contribution in [0.4, 0.5) is 5.69 Å². The van der Waals surface area contributed by atoms with Gasteiger partial charge >= 0.3 is 0 Å². The van der Waals surface area contributed by atoms with E-state index >= 15 is 0 Å². The molecule has 0 aliphatic carbocycles. The quantitative estimate of drug-likeness (QED) is 0.299. The van der Waals surface area contributed by atoms with Gasteiger partial charge in [-0.15, -0.1) is 0 Å². The molecule has 4 rings (SSSR count). The van der Waals surface area contributed by atoms with Gasteiger partial charge in [-0.2, -0.15) is 5.10 Å². The standard InChI is InChI=1S/C29H32N4O6S/c1-22-8-11-25(18-23(22)2)33(40(36,37)27-6-4-3-5-7-27)20-28(34)31-30-19-24-9-12-26(13-10-24)39-21-29(35)32-14-16-38-17-15-32/h3-13,18-19H,14-17,20-21H2,1-2H3,(H,31,34)/b30-19-. The molecule has 0 atom stereocenters. The van der Waals surface area contributed by atoms with E-state index in [1.54, 1.807) is 59.5 Å². The number of carbonyl (C=O) groups excluding carboxylic acids is 2. The Labute approximate surface area is 234 Å². The van der Waals surface area contributed by atoms with Crippen LogP contribution >= 0.6 is 0 Å². The van der Waals surface area contributed by atoms with Gasteiger partial charge in [0, 0.05) is 13.1 Å². The molecule has 0 saturated carbocycles. The van der Waals surface area contributed by atoms with Crippen LogP contribution in [0, 0.1) is 13.8 Å². The number of ether oxygens (including phenoxy) is 2. The second kappa shape index (κ2) is 13.2. The van der Waals surface area contributed by atoms with Crippen molar-refractivity contribution in [1.82, 2.24) is 10.3 Å². The van der Waals surface area contributed by atoms with Gasteiger partial charge in [-0.05, 0) is 79.1 Å². The molecule has 1 heterocycles. The number of hydrogen-bond acceptors (Lipinski definition) is 7. The molecule has 0 aromatic heterocycles. The maximum Gasteiger partial charge on any atom is 0.264 e. The summed E-state index contributed by atoms with van der Waals surface area (Å²) in [6.07, 6.45) is 1.44. The van der Waals surface area contributed by atoms with Crippen molar-refractivity contribution < 1.29 is 27.5 Å². The predicted molar refractivity (Wildman–Crippen MR) is 152 cm³/mol. The number of hydrogen-bond donors (Lipinski definition) is 1. The predicted octanol–water partition coefficient (Wildman–Crippen LogP) is 2.89. The summed E-state index contributed by atoms with van der Waals surface area (Å²) in [7, 11) is -4.01. The van der Waals surface area contributed by atoms with Crippen LogP contribution < -0.4 is 14.5 Å². The molecule has 3 aromatic rings. The fraction of sp³-hybridized carbons (Fsp3) is 0.276. The third kappa shape index (κ3) is 7.45. The topological polar surface area (TPSA) is 118 Å². The van der Waals surface area contributed by atoms with Crippen LogP contribution in [0.3, 0.4) is 0 Å². The van der Waals surface area contributed by atoms with Gasteiger partial charge in [0.2, 0.25) is 0 Å². The van der Waals surface area contributed by atoms with Crippen molar-refractivity contribution in [2.24, 2.45) is 5.10 Å². The van der Waals surface area contributed by atoms with Crippen molar-refractivity contribution in [3.05, 3.63) is 89.5 Å². The maximum absolute atomic E-state index is 13.4. The minimum atomic E-state index is -4.01. The zero-order valence-corrected chi connectivity index (χ0v) is 23.3. The summed E-state index contributed by atoms with van der Waals surface area (Å²) in [6.45, 7) is 5.47. The average molecular weight is 565 g/mol. The number of nitrogens with zero attached hydrogens (tertiary/aromatic N) is 3. The summed E-state index contributed by atoms with van der Waals surface area (Å²) >= 11 is 0. The molecule has 1 fully saturated rings. The Balaban J connectivity index is 1.37. The molecule has 10 nitrogen and oxygen atoms in total. The summed E-state index contributed by atoms with van der Waals surface area (Å²) in [4.78, 5) is 26.8. The smallest absolute Gasteiger partial charge is 0.264 e. The van der Waals surface area contributed by atoms with Crippen molar-refractivity contribution in [3.63, 3.8) is 0 Å². The molecule has 3 aromatic carbocycles. The largest absolute Gasteiger partial charge is 0.484 e.